The lowest BCUT2D eigenvalue weighted by atomic mass is 10.1. The van der Waals surface area contributed by atoms with Gasteiger partial charge in [0.25, 0.3) is 0 Å². The fourth-order valence-electron chi connectivity index (χ4n) is 1.82. The number of hydrogen-bond acceptors (Lipinski definition) is 2. The van der Waals surface area contributed by atoms with E-state index in [0.717, 1.165) is 12.1 Å². The maximum Gasteiger partial charge on any atom is 0.417 e. The molecule has 0 aliphatic heterocycles. The molecule has 9 heteroatoms. The summed E-state index contributed by atoms with van der Waals surface area (Å²) in [5.41, 5.74) is -0.853. The van der Waals surface area contributed by atoms with Crippen molar-refractivity contribution in [3.05, 3.63) is 63.1 Å². The molecule has 0 fully saturated rings. The fraction of sp³-hybridized carbons (Fsp3) is 0.143. The van der Waals surface area contributed by atoms with Gasteiger partial charge in [-0.3, -0.25) is 0 Å². The van der Waals surface area contributed by atoms with E-state index in [1.54, 1.807) is 18.2 Å². The summed E-state index contributed by atoms with van der Waals surface area (Å²) in [6.07, 6.45) is -4.60. The van der Waals surface area contributed by atoms with Gasteiger partial charge in [0.05, 0.1) is 15.5 Å². The van der Waals surface area contributed by atoms with E-state index >= 15 is 0 Å². The Morgan fingerprint density at radius 3 is 2.39 bits per heavy atom. The second-order valence-electron chi connectivity index (χ2n) is 4.57. The second kappa shape index (κ2) is 6.80. The lowest BCUT2D eigenvalue weighted by Gasteiger charge is -2.12. The minimum atomic E-state index is -4.60. The molecule has 0 saturated heterocycles. The standard InChI is InChI=1S/C14H10BrClF3NO2S/c15-11-3-1-2-4-13(11)23(21,22)20-8-9-5-6-12(16)10(7-9)14(17,18)19/h1-7,20H,8H2. The van der Waals surface area contributed by atoms with Crippen LogP contribution in [0, 0.1) is 0 Å². The average Bonchev–Trinajstić information content (AvgIpc) is 2.45. The first-order chi connectivity index (χ1) is 10.6. The Kier molecular flexibility index (Phi) is 5.40. The van der Waals surface area contributed by atoms with Crippen LogP contribution in [0.4, 0.5) is 13.2 Å². The Labute approximate surface area is 144 Å². The van der Waals surface area contributed by atoms with Crippen molar-refractivity contribution >= 4 is 37.6 Å². The van der Waals surface area contributed by atoms with Crippen LogP contribution >= 0.6 is 27.5 Å². The molecule has 0 heterocycles. The highest BCUT2D eigenvalue weighted by Crippen LogP contribution is 2.35. The number of halogens is 5. The zero-order chi connectivity index (χ0) is 17.3. The van der Waals surface area contributed by atoms with E-state index in [1.165, 1.54) is 12.1 Å². The molecule has 0 unspecified atom stereocenters. The molecule has 0 amide bonds. The molecule has 0 spiro atoms. The predicted molar refractivity (Wildman–Crippen MR) is 84.6 cm³/mol. The van der Waals surface area contributed by atoms with E-state index in [2.05, 4.69) is 20.7 Å². The van der Waals surface area contributed by atoms with Crippen molar-refractivity contribution in [3.63, 3.8) is 0 Å². The summed E-state index contributed by atoms with van der Waals surface area (Å²) in [5, 5.41) is -0.435. The van der Waals surface area contributed by atoms with Gasteiger partial charge in [-0.05, 0) is 45.8 Å². The van der Waals surface area contributed by atoms with E-state index in [9.17, 15) is 21.6 Å². The molecule has 2 aromatic carbocycles. The summed E-state index contributed by atoms with van der Waals surface area (Å²) < 4.78 is 65.4. The summed E-state index contributed by atoms with van der Waals surface area (Å²) in [5.74, 6) is 0. The normalized spacial score (nSPS) is 12.4. The highest BCUT2D eigenvalue weighted by molar-refractivity contribution is 9.10. The largest absolute Gasteiger partial charge is 0.417 e. The summed E-state index contributed by atoms with van der Waals surface area (Å²) in [6, 6.07) is 9.38. The SMILES string of the molecule is O=S(=O)(NCc1ccc(Cl)c(C(F)(F)F)c1)c1ccccc1Br. The van der Waals surface area contributed by atoms with Crippen molar-refractivity contribution in [2.75, 3.05) is 0 Å². The van der Waals surface area contributed by atoms with Gasteiger partial charge < -0.3 is 0 Å². The van der Waals surface area contributed by atoms with Crippen LogP contribution in [-0.2, 0) is 22.7 Å². The van der Waals surface area contributed by atoms with Crippen molar-refractivity contribution in [1.82, 2.24) is 4.72 Å². The van der Waals surface area contributed by atoms with Gasteiger partial charge in [0.15, 0.2) is 0 Å². The number of hydrogen-bond donors (Lipinski definition) is 1. The van der Waals surface area contributed by atoms with Crippen molar-refractivity contribution in [1.29, 1.82) is 0 Å². The van der Waals surface area contributed by atoms with E-state index in [1.807, 2.05) is 0 Å². The minimum Gasteiger partial charge on any atom is -0.207 e. The third-order valence-electron chi connectivity index (χ3n) is 2.93. The number of benzene rings is 2. The number of nitrogens with one attached hydrogen (secondary N) is 1. The average molecular weight is 429 g/mol. The molecule has 0 bridgehead atoms. The van der Waals surface area contributed by atoms with Crippen LogP contribution in [0.5, 0.6) is 0 Å². The Hall–Kier alpha value is -1.09. The molecule has 2 rings (SSSR count). The van der Waals surface area contributed by atoms with E-state index in [0.29, 0.717) is 4.47 Å². The Morgan fingerprint density at radius 2 is 1.78 bits per heavy atom. The van der Waals surface area contributed by atoms with Crippen LogP contribution in [0.1, 0.15) is 11.1 Å². The first-order valence-corrected chi connectivity index (χ1v) is 8.86. The van der Waals surface area contributed by atoms with Gasteiger partial charge in [-0.2, -0.15) is 13.2 Å². The maximum atomic E-state index is 12.8. The molecule has 0 saturated carbocycles. The molecule has 0 aliphatic carbocycles. The van der Waals surface area contributed by atoms with Gasteiger partial charge in [-0.25, -0.2) is 13.1 Å². The Morgan fingerprint density at radius 1 is 1.13 bits per heavy atom. The highest BCUT2D eigenvalue weighted by atomic mass is 79.9. The Bertz CT molecular complexity index is 825. The van der Waals surface area contributed by atoms with Crippen molar-refractivity contribution in [2.45, 2.75) is 17.6 Å². The third kappa shape index (κ3) is 4.47. The van der Waals surface area contributed by atoms with E-state index in [-0.39, 0.29) is 17.0 Å². The molecule has 0 aromatic heterocycles. The summed E-state index contributed by atoms with van der Waals surface area (Å²) in [4.78, 5) is 0.00464. The van der Waals surface area contributed by atoms with Crippen LogP contribution < -0.4 is 4.72 Å². The molecule has 2 aromatic rings. The molecule has 124 valence electrons. The van der Waals surface area contributed by atoms with Crippen LogP contribution in [0.15, 0.2) is 51.8 Å². The Balaban J connectivity index is 2.23. The number of sulfonamides is 1. The van der Waals surface area contributed by atoms with Crippen LogP contribution in [0.3, 0.4) is 0 Å². The minimum absolute atomic E-state index is 0.00464. The molecule has 3 nitrogen and oxygen atoms in total. The molecular weight excluding hydrogens is 419 g/mol. The highest BCUT2D eigenvalue weighted by Gasteiger charge is 2.33. The zero-order valence-corrected chi connectivity index (χ0v) is 14.5. The summed E-state index contributed by atoms with van der Waals surface area (Å²) in [7, 11) is -3.86. The third-order valence-corrected chi connectivity index (χ3v) is 5.67. The fourth-order valence-corrected chi connectivity index (χ4v) is 4.06. The molecule has 23 heavy (non-hydrogen) atoms. The van der Waals surface area contributed by atoms with Gasteiger partial charge in [-0.1, -0.05) is 29.8 Å². The first kappa shape index (κ1) is 18.3. The van der Waals surface area contributed by atoms with Crippen molar-refractivity contribution in [2.24, 2.45) is 0 Å². The molecule has 0 radical (unpaired) electrons. The van der Waals surface area contributed by atoms with Crippen LogP contribution in [-0.4, -0.2) is 8.42 Å². The topological polar surface area (TPSA) is 46.2 Å². The van der Waals surface area contributed by atoms with E-state index in [4.69, 9.17) is 11.6 Å². The van der Waals surface area contributed by atoms with Gasteiger partial charge in [0.2, 0.25) is 10.0 Å². The first-order valence-electron chi connectivity index (χ1n) is 6.21. The summed E-state index contributed by atoms with van der Waals surface area (Å²) in [6.45, 7) is -0.288. The van der Waals surface area contributed by atoms with Crippen LogP contribution in [0.25, 0.3) is 0 Å². The molecular formula is C14H10BrClF3NO2S. The number of alkyl halides is 3. The van der Waals surface area contributed by atoms with Gasteiger partial charge in [0.1, 0.15) is 0 Å². The lowest BCUT2D eigenvalue weighted by Crippen LogP contribution is -2.23. The van der Waals surface area contributed by atoms with Crippen LogP contribution in [0.2, 0.25) is 5.02 Å². The number of rotatable bonds is 4. The second-order valence-corrected chi connectivity index (χ2v) is 7.56. The van der Waals surface area contributed by atoms with E-state index < -0.39 is 26.8 Å². The molecule has 0 atom stereocenters. The van der Waals surface area contributed by atoms with Gasteiger partial charge in [-0.15, -0.1) is 0 Å². The molecule has 0 aliphatic rings. The van der Waals surface area contributed by atoms with Crippen molar-refractivity contribution < 1.29 is 21.6 Å². The maximum absolute atomic E-state index is 12.8. The summed E-state index contributed by atoms with van der Waals surface area (Å²) >= 11 is 8.64. The quantitative estimate of drug-likeness (QED) is 0.774. The van der Waals surface area contributed by atoms with Gasteiger partial charge >= 0.3 is 6.18 Å². The zero-order valence-electron chi connectivity index (χ0n) is 11.4. The smallest absolute Gasteiger partial charge is 0.207 e. The monoisotopic (exact) mass is 427 g/mol. The predicted octanol–water partition coefficient (Wildman–Crippen LogP) is 4.60. The van der Waals surface area contributed by atoms with Crippen molar-refractivity contribution in [3.8, 4) is 0 Å². The van der Waals surface area contributed by atoms with Gasteiger partial charge in [0, 0.05) is 11.0 Å². The molecule has 1 N–H and O–H groups in total. The lowest BCUT2D eigenvalue weighted by molar-refractivity contribution is -0.137.